The van der Waals surface area contributed by atoms with Gasteiger partial charge in [0.25, 0.3) is 5.91 Å². The van der Waals surface area contributed by atoms with Gasteiger partial charge in [0.15, 0.2) is 0 Å². The third kappa shape index (κ3) is 4.81. The Morgan fingerprint density at radius 2 is 1.78 bits per heavy atom. The first-order valence-electron chi connectivity index (χ1n) is 7.58. The molecule has 0 bridgehead atoms. The first-order valence-corrected chi connectivity index (χ1v) is 7.58. The fourth-order valence-corrected chi connectivity index (χ4v) is 2.08. The van der Waals surface area contributed by atoms with Crippen LogP contribution in [0.25, 0.3) is 6.08 Å². The largest absolute Gasteiger partial charge is 0.361 e. The minimum absolute atomic E-state index is 0.264. The van der Waals surface area contributed by atoms with Gasteiger partial charge in [0.2, 0.25) is 0 Å². The number of nitrogens with one attached hydrogen (secondary N) is 2. The number of anilines is 1. The number of carbonyl (C=O) groups is 2. The molecule has 0 heterocycles. The van der Waals surface area contributed by atoms with Crippen molar-refractivity contribution in [2.75, 3.05) is 5.32 Å². The molecular weight excluding hydrogens is 288 g/mol. The van der Waals surface area contributed by atoms with Crippen LogP contribution in [0.3, 0.4) is 0 Å². The molecule has 1 amide bonds. The molecule has 0 saturated carbocycles. The lowest BCUT2D eigenvalue weighted by Gasteiger charge is -2.13. The Labute approximate surface area is 136 Å². The van der Waals surface area contributed by atoms with Crippen LogP contribution in [0.1, 0.15) is 29.3 Å². The number of para-hydroxylation sites is 1. The second-order valence-corrected chi connectivity index (χ2v) is 5.06. The maximum atomic E-state index is 12.3. The summed E-state index contributed by atoms with van der Waals surface area (Å²) in [5, 5.41) is 5.83. The van der Waals surface area contributed by atoms with Gasteiger partial charge in [-0.1, -0.05) is 49.4 Å². The van der Waals surface area contributed by atoms with Crippen molar-refractivity contribution < 1.29 is 9.59 Å². The van der Waals surface area contributed by atoms with E-state index in [-0.39, 0.29) is 5.91 Å². The summed E-state index contributed by atoms with van der Waals surface area (Å²) in [7, 11) is 0. The molecule has 4 heteroatoms. The molecular formula is C19H20N2O2. The standard InChI is InChI=1S/C19H20N2O2/c1-2-16(14-22)21-19(23)17-10-6-7-11-18(17)20-13-12-15-8-4-3-5-9-15/h3-14,16,20H,2H2,1H3,(H,21,23)/b13-12+. The quantitative estimate of drug-likeness (QED) is 0.770. The lowest BCUT2D eigenvalue weighted by molar-refractivity contribution is -0.109. The summed E-state index contributed by atoms with van der Waals surface area (Å²) in [6, 6.07) is 16.6. The molecule has 4 nitrogen and oxygen atoms in total. The molecule has 0 radical (unpaired) electrons. The first-order chi connectivity index (χ1) is 11.2. The van der Waals surface area contributed by atoms with E-state index in [1.165, 1.54) is 0 Å². The van der Waals surface area contributed by atoms with Gasteiger partial charge in [-0.3, -0.25) is 4.79 Å². The number of hydrogen-bond acceptors (Lipinski definition) is 3. The van der Waals surface area contributed by atoms with Gasteiger partial charge in [-0.25, -0.2) is 0 Å². The van der Waals surface area contributed by atoms with E-state index in [0.29, 0.717) is 17.7 Å². The second kappa shape index (κ2) is 8.54. The van der Waals surface area contributed by atoms with Gasteiger partial charge >= 0.3 is 0 Å². The zero-order chi connectivity index (χ0) is 16.5. The maximum absolute atomic E-state index is 12.3. The van der Waals surface area contributed by atoms with Crippen molar-refractivity contribution in [3.05, 3.63) is 71.9 Å². The van der Waals surface area contributed by atoms with Crippen molar-refractivity contribution in [3.63, 3.8) is 0 Å². The highest BCUT2D eigenvalue weighted by Crippen LogP contribution is 2.15. The smallest absolute Gasteiger partial charge is 0.253 e. The van der Waals surface area contributed by atoms with E-state index in [9.17, 15) is 9.59 Å². The summed E-state index contributed by atoms with van der Waals surface area (Å²) in [6.07, 6.45) is 5.04. The third-order valence-corrected chi connectivity index (χ3v) is 3.41. The van der Waals surface area contributed by atoms with Crippen LogP contribution in [0.4, 0.5) is 5.69 Å². The lowest BCUT2D eigenvalue weighted by atomic mass is 10.1. The Morgan fingerprint density at radius 3 is 2.48 bits per heavy atom. The van der Waals surface area contributed by atoms with Crippen LogP contribution in [0, 0.1) is 0 Å². The van der Waals surface area contributed by atoms with Crippen LogP contribution in [-0.4, -0.2) is 18.2 Å². The number of hydrogen-bond donors (Lipinski definition) is 2. The van der Waals surface area contributed by atoms with E-state index < -0.39 is 6.04 Å². The molecule has 0 fully saturated rings. The van der Waals surface area contributed by atoms with Crippen molar-refractivity contribution in [2.45, 2.75) is 19.4 Å². The topological polar surface area (TPSA) is 58.2 Å². The predicted molar refractivity (Wildman–Crippen MR) is 93.1 cm³/mol. The molecule has 0 saturated heterocycles. The minimum atomic E-state index is -0.463. The van der Waals surface area contributed by atoms with Crippen molar-refractivity contribution in [1.82, 2.24) is 5.32 Å². The van der Waals surface area contributed by atoms with Gasteiger partial charge in [-0.2, -0.15) is 0 Å². The highest BCUT2D eigenvalue weighted by atomic mass is 16.2. The van der Waals surface area contributed by atoms with Gasteiger partial charge in [0.05, 0.1) is 17.3 Å². The average molecular weight is 308 g/mol. The lowest BCUT2D eigenvalue weighted by Crippen LogP contribution is -2.35. The Hall–Kier alpha value is -2.88. The summed E-state index contributed by atoms with van der Waals surface area (Å²) >= 11 is 0. The molecule has 118 valence electrons. The van der Waals surface area contributed by atoms with Crippen LogP contribution in [0.5, 0.6) is 0 Å². The molecule has 0 aliphatic heterocycles. The average Bonchev–Trinajstić information content (AvgIpc) is 2.61. The van der Waals surface area contributed by atoms with Crippen molar-refractivity contribution in [2.24, 2.45) is 0 Å². The number of amides is 1. The van der Waals surface area contributed by atoms with Gasteiger partial charge in [0, 0.05) is 6.20 Å². The zero-order valence-electron chi connectivity index (χ0n) is 13.0. The van der Waals surface area contributed by atoms with E-state index in [2.05, 4.69) is 10.6 Å². The molecule has 1 atom stereocenters. The second-order valence-electron chi connectivity index (χ2n) is 5.06. The van der Waals surface area contributed by atoms with Crippen molar-refractivity contribution in [1.29, 1.82) is 0 Å². The summed E-state index contributed by atoms with van der Waals surface area (Å²) < 4.78 is 0. The van der Waals surface area contributed by atoms with Crippen LogP contribution < -0.4 is 10.6 Å². The van der Waals surface area contributed by atoms with Crippen LogP contribution >= 0.6 is 0 Å². The van der Waals surface area contributed by atoms with Crippen molar-refractivity contribution in [3.8, 4) is 0 Å². The molecule has 2 aromatic carbocycles. The number of carbonyl (C=O) groups excluding carboxylic acids is 2. The molecule has 0 aromatic heterocycles. The van der Waals surface area contributed by atoms with Gasteiger partial charge < -0.3 is 15.4 Å². The van der Waals surface area contributed by atoms with Gasteiger partial charge in [-0.05, 0) is 30.2 Å². The molecule has 2 rings (SSSR count). The Kier molecular flexibility index (Phi) is 6.12. The van der Waals surface area contributed by atoms with E-state index in [1.54, 1.807) is 18.3 Å². The van der Waals surface area contributed by atoms with Crippen LogP contribution in [-0.2, 0) is 4.79 Å². The van der Waals surface area contributed by atoms with Crippen LogP contribution in [0.15, 0.2) is 60.8 Å². The summed E-state index contributed by atoms with van der Waals surface area (Å²) in [5.41, 5.74) is 2.26. The first kappa shape index (κ1) is 16.5. The van der Waals surface area contributed by atoms with E-state index in [0.717, 1.165) is 11.8 Å². The molecule has 0 spiro atoms. The molecule has 0 aliphatic carbocycles. The maximum Gasteiger partial charge on any atom is 0.253 e. The zero-order valence-corrected chi connectivity index (χ0v) is 13.0. The van der Waals surface area contributed by atoms with E-state index in [1.807, 2.05) is 55.5 Å². The number of aldehydes is 1. The summed E-state index contributed by atoms with van der Waals surface area (Å²) in [5.74, 6) is -0.264. The Bertz CT molecular complexity index is 681. The highest BCUT2D eigenvalue weighted by molar-refractivity contribution is 6.00. The molecule has 2 N–H and O–H groups in total. The Balaban J connectivity index is 2.09. The monoisotopic (exact) mass is 308 g/mol. The van der Waals surface area contributed by atoms with Gasteiger partial charge in [-0.15, -0.1) is 0 Å². The Morgan fingerprint density at radius 1 is 1.09 bits per heavy atom. The van der Waals surface area contributed by atoms with Crippen molar-refractivity contribution >= 4 is 24.0 Å². The molecule has 0 aliphatic rings. The SMILES string of the molecule is CCC(C=O)NC(=O)c1ccccc1N/C=C/c1ccccc1. The highest BCUT2D eigenvalue weighted by Gasteiger charge is 2.13. The van der Waals surface area contributed by atoms with Gasteiger partial charge in [0.1, 0.15) is 6.29 Å². The third-order valence-electron chi connectivity index (χ3n) is 3.41. The molecule has 2 aromatic rings. The summed E-state index contributed by atoms with van der Waals surface area (Å²) in [4.78, 5) is 23.2. The normalized spacial score (nSPS) is 11.9. The predicted octanol–water partition coefficient (Wildman–Crippen LogP) is 3.48. The molecule has 23 heavy (non-hydrogen) atoms. The molecule has 1 unspecified atom stereocenters. The van der Waals surface area contributed by atoms with Crippen LogP contribution in [0.2, 0.25) is 0 Å². The summed E-state index contributed by atoms with van der Waals surface area (Å²) in [6.45, 7) is 1.85. The number of rotatable bonds is 7. The van der Waals surface area contributed by atoms with E-state index >= 15 is 0 Å². The fraction of sp³-hybridized carbons (Fsp3) is 0.158. The van der Waals surface area contributed by atoms with E-state index in [4.69, 9.17) is 0 Å². The fourth-order valence-electron chi connectivity index (χ4n) is 2.08. The number of benzene rings is 2. The minimum Gasteiger partial charge on any atom is -0.361 e.